The second kappa shape index (κ2) is 21.8. The topological polar surface area (TPSA) is 0 Å². The van der Waals surface area contributed by atoms with Crippen molar-refractivity contribution in [2.75, 3.05) is 0 Å². The molecule has 0 aromatic rings. The Hall–Kier alpha value is 0.797. The van der Waals surface area contributed by atoms with Gasteiger partial charge in [0.25, 0.3) is 0 Å². The van der Waals surface area contributed by atoms with Crippen LogP contribution in [0.4, 0.5) is 0 Å². The Bertz CT molecular complexity index is 222. The van der Waals surface area contributed by atoms with Gasteiger partial charge in [0.1, 0.15) is 0 Å². The lowest BCUT2D eigenvalue weighted by molar-refractivity contribution is 0.524. The molecule has 0 amide bonds. The first-order valence-electron chi connectivity index (χ1n) is 11.1. The molecule has 0 saturated heterocycles. The summed E-state index contributed by atoms with van der Waals surface area (Å²) in [5.74, 6) is 0. The molecule has 0 radical (unpaired) electrons. The van der Waals surface area contributed by atoms with E-state index in [1.807, 2.05) is 0 Å². The largest absolute Gasteiger partial charge is 0.237 e. The lowest BCUT2D eigenvalue weighted by atomic mass is 10.0. The van der Waals surface area contributed by atoms with Gasteiger partial charge in [-0.1, -0.05) is 129 Å². The molecule has 146 valence electrons. The van der Waals surface area contributed by atoms with Gasteiger partial charge in [0.15, 0.2) is 0 Å². The first-order valence-corrected chi connectivity index (χ1v) is 15.4. The Labute approximate surface area is 164 Å². The van der Waals surface area contributed by atoms with E-state index in [0.29, 0.717) is 0 Å². The zero-order chi connectivity index (χ0) is 17.7. The van der Waals surface area contributed by atoms with E-state index < -0.39 is 7.42 Å². The van der Waals surface area contributed by atoms with Crippen molar-refractivity contribution in [2.24, 2.45) is 0 Å². The minimum absolute atomic E-state index is 1.10. The molecule has 0 nitrogen and oxygen atoms in total. The highest BCUT2D eigenvalue weighted by atomic mass is 35.7. The molecule has 0 aliphatic heterocycles. The third-order valence-electron chi connectivity index (χ3n) is 5.03. The van der Waals surface area contributed by atoms with Crippen molar-refractivity contribution in [3.05, 3.63) is 0 Å². The second-order valence-corrected chi connectivity index (χ2v) is 12.7. The van der Waals surface area contributed by atoms with E-state index in [2.05, 4.69) is 6.92 Å². The molecule has 0 saturated carbocycles. The normalized spacial score (nSPS) is 11.5. The van der Waals surface area contributed by atoms with E-state index in [-0.39, 0.29) is 0 Å². The van der Waals surface area contributed by atoms with Gasteiger partial charge in [0, 0.05) is 0 Å². The minimum atomic E-state index is -1.32. The molecule has 0 aromatic heterocycles. The van der Waals surface area contributed by atoms with Gasteiger partial charge in [-0.3, -0.25) is 0 Å². The smallest absolute Gasteiger partial charge is 0.150 e. The average molecular weight is 396 g/mol. The van der Waals surface area contributed by atoms with Crippen LogP contribution in [-0.2, 0) is 0 Å². The molecular formula is C21H44Cl2Si. The Morgan fingerprint density at radius 1 is 0.417 bits per heavy atom. The van der Waals surface area contributed by atoms with Crippen molar-refractivity contribution in [1.29, 1.82) is 0 Å². The van der Waals surface area contributed by atoms with Crippen LogP contribution in [0.15, 0.2) is 0 Å². The van der Waals surface area contributed by atoms with E-state index in [9.17, 15) is 0 Å². The lowest BCUT2D eigenvalue weighted by Gasteiger charge is -2.04. The maximum atomic E-state index is 5.86. The summed E-state index contributed by atoms with van der Waals surface area (Å²) < 4.78 is 0. The molecule has 0 rings (SSSR count). The maximum absolute atomic E-state index is 5.86. The van der Waals surface area contributed by atoms with Crippen LogP contribution in [-0.4, -0.2) is 7.42 Å². The fourth-order valence-electron chi connectivity index (χ4n) is 3.38. The van der Waals surface area contributed by atoms with E-state index in [1.165, 1.54) is 122 Å². The first-order chi connectivity index (χ1) is 11.8. The molecule has 24 heavy (non-hydrogen) atoms. The molecule has 0 spiro atoms. The van der Waals surface area contributed by atoms with Gasteiger partial charge < -0.3 is 0 Å². The summed E-state index contributed by atoms with van der Waals surface area (Å²) in [5.41, 5.74) is 0. The Kier molecular flexibility index (Phi) is 22.6. The Balaban J connectivity index is 2.95. The van der Waals surface area contributed by atoms with Gasteiger partial charge in [0.05, 0.1) is 0 Å². The van der Waals surface area contributed by atoms with Crippen molar-refractivity contribution in [2.45, 2.75) is 135 Å². The molecule has 3 heteroatoms. The highest BCUT2D eigenvalue weighted by Gasteiger charge is 2.00. The molecule has 0 aliphatic rings. The van der Waals surface area contributed by atoms with Gasteiger partial charge >= 0.3 is 0 Å². The third kappa shape index (κ3) is 22.8. The molecule has 0 aromatic carbocycles. The van der Waals surface area contributed by atoms with E-state index in [4.69, 9.17) is 22.2 Å². The standard InChI is InChI=1S/C21H44Cl2Si/c1-2-3-4-5-6-7-8-9-10-11-12-13-14-15-16-17-18-19-20-21-24(22)23/h24H,2-21H2,1H3. The quantitative estimate of drug-likeness (QED) is 0.109. The summed E-state index contributed by atoms with van der Waals surface area (Å²) in [6.07, 6.45) is 27.2. The number of halogens is 2. The van der Waals surface area contributed by atoms with Gasteiger partial charge in [-0.2, -0.15) is 22.2 Å². The minimum Gasteiger partial charge on any atom is -0.150 e. The fourth-order valence-corrected chi connectivity index (χ4v) is 4.90. The van der Waals surface area contributed by atoms with Crippen LogP contribution >= 0.6 is 22.2 Å². The summed E-state index contributed by atoms with van der Waals surface area (Å²) in [5, 5.41) is 0. The van der Waals surface area contributed by atoms with Crippen molar-refractivity contribution < 1.29 is 0 Å². The molecule has 0 N–H and O–H groups in total. The zero-order valence-corrected chi connectivity index (χ0v) is 19.1. The van der Waals surface area contributed by atoms with E-state index >= 15 is 0 Å². The third-order valence-corrected chi connectivity index (χ3v) is 7.18. The van der Waals surface area contributed by atoms with Crippen LogP contribution in [0.5, 0.6) is 0 Å². The van der Waals surface area contributed by atoms with Crippen molar-refractivity contribution in [3.8, 4) is 0 Å². The lowest BCUT2D eigenvalue weighted by Crippen LogP contribution is -1.91. The highest BCUT2D eigenvalue weighted by Crippen LogP contribution is 2.15. The Morgan fingerprint density at radius 2 is 0.667 bits per heavy atom. The predicted octanol–water partition coefficient (Wildman–Crippen LogP) is 9.12. The van der Waals surface area contributed by atoms with Gasteiger partial charge in [-0.15, -0.1) is 0 Å². The van der Waals surface area contributed by atoms with Gasteiger partial charge in [-0.05, 0) is 6.04 Å². The summed E-state index contributed by atoms with van der Waals surface area (Å²) in [6, 6.07) is 1.10. The molecule has 0 bridgehead atoms. The van der Waals surface area contributed by atoms with Crippen LogP contribution in [0.2, 0.25) is 6.04 Å². The molecule has 0 atom stereocenters. The molecule has 0 fully saturated rings. The van der Waals surface area contributed by atoms with E-state index in [1.54, 1.807) is 0 Å². The van der Waals surface area contributed by atoms with Crippen LogP contribution < -0.4 is 0 Å². The highest BCUT2D eigenvalue weighted by molar-refractivity contribution is 7.33. The Morgan fingerprint density at radius 3 is 0.917 bits per heavy atom. The summed E-state index contributed by atoms with van der Waals surface area (Å²) in [6.45, 7) is 2.29. The van der Waals surface area contributed by atoms with Crippen molar-refractivity contribution >= 4 is 29.6 Å². The maximum Gasteiger partial charge on any atom is 0.237 e. The van der Waals surface area contributed by atoms with Crippen LogP contribution in [0.1, 0.15) is 129 Å². The van der Waals surface area contributed by atoms with Crippen molar-refractivity contribution in [3.63, 3.8) is 0 Å². The van der Waals surface area contributed by atoms with Gasteiger partial charge in [0.2, 0.25) is 7.42 Å². The number of rotatable bonds is 20. The van der Waals surface area contributed by atoms with Gasteiger partial charge in [-0.25, -0.2) is 0 Å². The van der Waals surface area contributed by atoms with Crippen molar-refractivity contribution in [1.82, 2.24) is 0 Å². The average Bonchev–Trinajstić information content (AvgIpc) is 2.56. The molecule has 0 heterocycles. The SMILES string of the molecule is CCCCCCCCCCCCCCCCCCCCC[SiH](Cl)Cl. The van der Waals surface area contributed by atoms with Crippen LogP contribution in [0, 0.1) is 0 Å². The predicted molar refractivity (Wildman–Crippen MR) is 117 cm³/mol. The zero-order valence-electron chi connectivity index (χ0n) is 16.5. The molecule has 0 aliphatic carbocycles. The molecular weight excluding hydrogens is 351 g/mol. The van der Waals surface area contributed by atoms with Crippen LogP contribution in [0.25, 0.3) is 0 Å². The summed E-state index contributed by atoms with van der Waals surface area (Å²) in [4.78, 5) is 0. The number of unbranched alkanes of at least 4 members (excludes halogenated alkanes) is 18. The number of hydrogen-bond donors (Lipinski definition) is 0. The molecule has 0 unspecified atom stereocenters. The number of hydrogen-bond acceptors (Lipinski definition) is 0. The first kappa shape index (κ1) is 24.8. The fraction of sp³-hybridized carbons (Fsp3) is 1.00. The second-order valence-electron chi connectivity index (χ2n) is 7.54. The summed E-state index contributed by atoms with van der Waals surface area (Å²) >= 11 is 11.7. The van der Waals surface area contributed by atoms with Crippen LogP contribution in [0.3, 0.4) is 0 Å². The monoisotopic (exact) mass is 394 g/mol. The van der Waals surface area contributed by atoms with E-state index in [0.717, 1.165) is 6.04 Å². The summed E-state index contributed by atoms with van der Waals surface area (Å²) in [7, 11) is -1.32.